The summed E-state index contributed by atoms with van der Waals surface area (Å²) in [5.74, 6) is 0.157. The summed E-state index contributed by atoms with van der Waals surface area (Å²) in [6.07, 6.45) is 0. The van der Waals surface area contributed by atoms with Crippen molar-refractivity contribution >= 4 is 17.7 Å². The van der Waals surface area contributed by atoms with Gasteiger partial charge in [0.15, 0.2) is 0 Å². The quantitative estimate of drug-likeness (QED) is 0.606. The van der Waals surface area contributed by atoms with Gasteiger partial charge in [0.2, 0.25) is 0 Å². The maximum absolute atomic E-state index is 11.5. The third-order valence-corrected chi connectivity index (χ3v) is 3.33. The van der Waals surface area contributed by atoms with Crippen LogP contribution in [0.4, 0.5) is 0 Å². The standard InChI is InChI=1S/C15H14O2S/c16-15(12-18-14-9-5-2-6-10-14)17-11-13-7-3-1-4-8-13/h1-10H,11-12H2. The normalized spacial score (nSPS) is 10.0. The highest BCUT2D eigenvalue weighted by Crippen LogP contribution is 2.17. The largest absolute Gasteiger partial charge is 0.460 e. The van der Waals surface area contributed by atoms with E-state index in [1.165, 1.54) is 11.8 Å². The van der Waals surface area contributed by atoms with Crippen LogP contribution >= 0.6 is 11.8 Å². The molecule has 0 aliphatic rings. The van der Waals surface area contributed by atoms with Crippen molar-refractivity contribution in [1.82, 2.24) is 0 Å². The van der Waals surface area contributed by atoms with Crippen molar-refractivity contribution in [2.24, 2.45) is 0 Å². The Labute approximate surface area is 111 Å². The third kappa shape index (κ3) is 4.26. The van der Waals surface area contributed by atoms with Crippen molar-refractivity contribution < 1.29 is 9.53 Å². The predicted molar refractivity (Wildman–Crippen MR) is 73.4 cm³/mol. The minimum atomic E-state index is -0.187. The number of ether oxygens (including phenoxy) is 1. The highest BCUT2D eigenvalue weighted by Gasteiger charge is 2.04. The molecular weight excluding hydrogens is 244 g/mol. The molecule has 0 radical (unpaired) electrons. The molecule has 3 heteroatoms. The minimum absolute atomic E-state index is 0.187. The second-order valence-electron chi connectivity index (χ2n) is 3.75. The molecule has 0 aliphatic heterocycles. The Balaban J connectivity index is 1.73. The summed E-state index contributed by atoms with van der Waals surface area (Å²) >= 11 is 1.49. The maximum atomic E-state index is 11.5. The van der Waals surface area contributed by atoms with Gasteiger partial charge in [-0.2, -0.15) is 0 Å². The van der Waals surface area contributed by atoms with Crippen LogP contribution < -0.4 is 0 Å². The molecule has 2 aromatic rings. The van der Waals surface area contributed by atoms with E-state index in [1.54, 1.807) is 0 Å². The smallest absolute Gasteiger partial charge is 0.316 e. The zero-order valence-electron chi connectivity index (χ0n) is 9.91. The van der Waals surface area contributed by atoms with Gasteiger partial charge in [-0.25, -0.2) is 0 Å². The number of thioether (sulfide) groups is 1. The second-order valence-corrected chi connectivity index (χ2v) is 4.80. The van der Waals surface area contributed by atoms with Gasteiger partial charge in [-0.3, -0.25) is 4.79 Å². The first-order valence-electron chi connectivity index (χ1n) is 5.72. The number of carbonyl (C=O) groups is 1. The van der Waals surface area contributed by atoms with Crippen molar-refractivity contribution in [1.29, 1.82) is 0 Å². The topological polar surface area (TPSA) is 26.3 Å². The molecule has 0 amide bonds. The van der Waals surface area contributed by atoms with Gasteiger partial charge in [0.1, 0.15) is 6.61 Å². The predicted octanol–water partition coefficient (Wildman–Crippen LogP) is 3.52. The number of hydrogen-bond donors (Lipinski definition) is 0. The summed E-state index contributed by atoms with van der Waals surface area (Å²) in [6, 6.07) is 19.5. The molecule has 0 N–H and O–H groups in total. The average Bonchev–Trinajstić information content (AvgIpc) is 2.45. The zero-order valence-corrected chi connectivity index (χ0v) is 10.7. The molecule has 0 heterocycles. The van der Waals surface area contributed by atoms with Crippen LogP contribution in [0.25, 0.3) is 0 Å². The van der Waals surface area contributed by atoms with Gasteiger partial charge in [0.05, 0.1) is 5.75 Å². The average molecular weight is 258 g/mol. The Bertz CT molecular complexity index is 437. The number of esters is 1. The Kier molecular flexibility index (Phi) is 4.85. The lowest BCUT2D eigenvalue weighted by Gasteiger charge is -2.04. The van der Waals surface area contributed by atoms with Crippen LogP contribution in [0.1, 0.15) is 5.56 Å². The molecule has 2 nitrogen and oxygen atoms in total. The van der Waals surface area contributed by atoms with Gasteiger partial charge in [-0.1, -0.05) is 48.5 Å². The third-order valence-electron chi connectivity index (χ3n) is 2.34. The molecule has 0 saturated heterocycles. The van der Waals surface area contributed by atoms with Crippen LogP contribution in [0.15, 0.2) is 65.6 Å². The molecule has 0 spiro atoms. The van der Waals surface area contributed by atoms with Crippen molar-refractivity contribution in [3.63, 3.8) is 0 Å². The van der Waals surface area contributed by atoms with Gasteiger partial charge in [-0.05, 0) is 17.7 Å². The second kappa shape index (κ2) is 6.87. The Hall–Kier alpha value is -1.74. The van der Waals surface area contributed by atoms with Crippen molar-refractivity contribution in [3.05, 3.63) is 66.2 Å². The van der Waals surface area contributed by atoms with E-state index in [2.05, 4.69) is 0 Å². The first-order valence-corrected chi connectivity index (χ1v) is 6.70. The highest BCUT2D eigenvalue weighted by molar-refractivity contribution is 8.00. The molecule has 18 heavy (non-hydrogen) atoms. The van der Waals surface area contributed by atoms with Gasteiger partial charge < -0.3 is 4.74 Å². The van der Waals surface area contributed by atoms with Crippen LogP contribution in [0.2, 0.25) is 0 Å². The number of rotatable bonds is 5. The van der Waals surface area contributed by atoms with Gasteiger partial charge in [0, 0.05) is 4.90 Å². The molecule has 2 rings (SSSR count). The molecule has 0 saturated carbocycles. The van der Waals surface area contributed by atoms with Gasteiger partial charge in [0.25, 0.3) is 0 Å². The van der Waals surface area contributed by atoms with E-state index in [9.17, 15) is 4.79 Å². The maximum Gasteiger partial charge on any atom is 0.316 e. The van der Waals surface area contributed by atoms with E-state index in [0.717, 1.165) is 10.5 Å². The number of hydrogen-bond acceptors (Lipinski definition) is 3. The van der Waals surface area contributed by atoms with Crippen molar-refractivity contribution in [2.75, 3.05) is 5.75 Å². The Morgan fingerprint density at radius 1 is 0.944 bits per heavy atom. The Morgan fingerprint density at radius 3 is 2.22 bits per heavy atom. The molecular formula is C15H14O2S. The highest BCUT2D eigenvalue weighted by atomic mass is 32.2. The van der Waals surface area contributed by atoms with Crippen LogP contribution in [0.3, 0.4) is 0 Å². The molecule has 0 bridgehead atoms. The van der Waals surface area contributed by atoms with Crippen LogP contribution in [0, 0.1) is 0 Å². The van der Waals surface area contributed by atoms with E-state index in [1.807, 2.05) is 60.7 Å². The Morgan fingerprint density at radius 2 is 1.56 bits per heavy atom. The van der Waals surface area contributed by atoms with Crippen LogP contribution in [-0.2, 0) is 16.1 Å². The summed E-state index contributed by atoms with van der Waals surface area (Å²) in [7, 11) is 0. The van der Waals surface area contributed by atoms with Crippen molar-refractivity contribution in [2.45, 2.75) is 11.5 Å². The SMILES string of the molecule is O=C(CSc1ccccc1)OCc1ccccc1. The lowest BCUT2D eigenvalue weighted by Crippen LogP contribution is -2.07. The molecule has 0 unspecified atom stereocenters. The molecule has 92 valence electrons. The van der Waals surface area contributed by atoms with E-state index in [0.29, 0.717) is 12.4 Å². The lowest BCUT2D eigenvalue weighted by atomic mass is 10.2. The summed E-state index contributed by atoms with van der Waals surface area (Å²) in [4.78, 5) is 12.6. The molecule has 0 atom stereocenters. The number of carbonyl (C=O) groups excluding carboxylic acids is 1. The fraction of sp³-hybridized carbons (Fsp3) is 0.133. The summed E-state index contributed by atoms with van der Waals surface area (Å²) in [5, 5.41) is 0. The first kappa shape index (κ1) is 12.7. The molecule has 0 aromatic heterocycles. The molecule has 0 fully saturated rings. The van der Waals surface area contributed by atoms with E-state index in [4.69, 9.17) is 4.74 Å². The fourth-order valence-electron chi connectivity index (χ4n) is 1.44. The summed E-state index contributed by atoms with van der Waals surface area (Å²) in [6.45, 7) is 0.342. The summed E-state index contributed by atoms with van der Waals surface area (Å²) in [5.41, 5.74) is 1.01. The fourth-order valence-corrected chi connectivity index (χ4v) is 2.16. The van der Waals surface area contributed by atoms with E-state index in [-0.39, 0.29) is 5.97 Å². The molecule has 0 aliphatic carbocycles. The minimum Gasteiger partial charge on any atom is -0.460 e. The van der Waals surface area contributed by atoms with E-state index < -0.39 is 0 Å². The lowest BCUT2D eigenvalue weighted by molar-refractivity contribution is -0.141. The zero-order chi connectivity index (χ0) is 12.6. The van der Waals surface area contributed by atoms with E-state index >= 15 is 0 Å². The van der Waals surface area contributed by atoms with Gasteiger partial charge >= 0.3 is 5.97 Å². The first-order chi connectivity index (χ1) is 8.84. The van der Waals surface area contributed by atoms with Crippen LogP contribution in [0.5, 0.6) is 0 Å². The van der Waals surface area contributed by atoms with Crippen molar-refractivity contribution in [3.8, 4) is 0 Å². The number of benzene rings is 2. The molecule has 2 aromatic carbocycles. The van der Waals surface area contributed by atoms with Gasteiger partial charge in [-0.15, -0.1) is 11.8 Å². The monoisotopic (exact) mass is 258 g/mol. The van der Waals surface area contributed by atoms with Crippen LogP contribution in [-0.4, -0.2) is 11.7 Å². The summed E-state index contributed by atoms with van der Waals surface area (Å²) < 4.78 is 5.19.